The number of aliphatic hydroxyl groups excluding tert-OH is 1. The number of carboxylic acids is 1. The number of carboxylic acid groups (broad SMARTS) is 1. The maximum Gasteiger partial charge on any atom is 0.341 e. The summed E-state index contributed by atoms with van der Waals surface area (Å²) in [5.74, 6) is -0.991. The lowest BCUT2D eigenvalue weighted by atomic mass is 10.1. The molecule has 0 radical (unpaired) electrons. The van der Waals surface area contributed by atoms with E-state index in [0.29, 0.717) is 29.1 Å². The summed E-state index contributed by atoms with van der Waals surface area (Å²) < 4.78 is 31.6. The third kappa shape index (κ3) is 6.79. The van der Waals surface area contributed by atoms with Crippen molar-refractivity contribution in [1.82, 2.24) is 5.32 Å². The minimum atomic E-state index is -3.85. The molecular weight excluding hydrogens is 466 g/mol. The highest BCUT2D eigenvalue weighted by Crippen LogP contribution is 2.27. The Labute approximate surface area is 197 Å². The van der Waals surface area contributed by atoms with Gasteiger partial charge in [-0.1, -0.05) is 48.0 Å². The number of sulfone groups is 1. The van der Waals surface area contributed by atoms with Crippen LogP contribution in [0.3, 0.4) is 0 Å². The van der Waals surface area contributed by atoms with E-state index in [4.69, 9.17) is 21.4 Å². The summed E-state index contributed by atoms with van der Waals surface area (Å²) in [6, 6.07) is 19.4. The fourth-order valence-corrected chi connectivity index (χ4v) is 5.02. The number of hydrogen-bond donors (Lipinski definition) is 3. The molecule has 0 saturated heterocycles. The highest BCUT2D eigenvalue weighted by atomic mass is 35.5. The van der Waals surface area contributed by atoms with Gasteiger partial charge in [0.1, 0.15) is 5.75 Å². The van der Waals surface area contributed by atoms with Gasteiger partial charge in [-0.25, -0.2) is 13.2 Å². The first-order valence-electron chi connectivity index (χ1n) is 10.2. The molecule has 33 heavy (non-hydrogen) atoms. The molecule has 0 aliphatic heterocycles. The molecule has 0 fully saturated rings. The van der Waals surface area contributed by atoms with Crippen molar-refractivity contribution in [2.45, 2.75) is 22.3 Å². The van der Waals surface area contributed by atoms with Gasteiger partial charge in [0, 0.05) is 11.6 Å². The minimum Gasteiger partial charge on any atom is -0.482 e. The van der Waals surface area contributed by atoms with Gasteiger partial charge >= 0.3 is 5.97 Å². The molecule has 1 atom stereocenters. The van der Waals surface area contributed by atoms with Crippen LogP contribution in [0.5, 0.6) is 5.75 Å². The molecule has 3 N–H and O–H groups in total. The highest BCUT2D eigenvalue weighted by Gasteiger charge is 2.21. The molecule has 0 aromatic heterocycles. The van der Waals surface area contributed by atoms with Crippen molar-refractivity contribution in [2.75, 3.05) is 19.7 Å². The zero-order valence-electron chi connectivity index (χ0n) is 17.6. The topological polar surface area (TPSA) is 113 Å². The summed E-state index contributed by atoms with van der Waals surface area (Å²) in [6.45, 7) is 0.178. The van der Waals surface area contributed by atoms with E-state index in [0.717, 1.165) is 0 Å². The van der Waals surface area contributed by atoms with Crippen LogP contribution in [0.2, 0.25) is 5.02 Å². The molecule has 3 aromatic carbocycles. The zero-order chi connectivity index (χ0) is 23.8. The molecule has 0 saturated carbocycles. The summed E-state index contributed by atoms with van der Waals surface area (Å²) in [5.41, 5.74) is 1.32. The number of nitrogens with one attached hydrogen (secondary N) is 1. The SMILES string of the molecule is O=C(O)COc1cccc(S(=O)(=O)c2ccccc2CCNC[C@H](O)c2cccc(Cl)c2)c1. The van der Waals surface area contributed by atoms with E-state index in [-0.39, 0.29) is 22.1 Å². The largest absolute Gasteiger partial charge is 0.482 e. The van der Waals surface area contributed by atoms with Crippen molar-refractivity contribution in [1.29, 1.82) is 0 Å². The Kier molecular flexibility index (Phi) is 8.46. The predicted octanol–water partition coefficient (Wildman–Crippen LogP) is 3.50. The Morgan fingerprint density at radius 3 is 2.55 bits per heavy atom. The lowest BCUT2D eigenvalue weighted by molar-refractivity contribution is -0.139. The molecule has 0 aliphatic carbocycles. The average Bonchev–Trinajstić information content (AvgIpc) is 2.80. The number of benzene rings is 3. The minimum absolute atomic E-state index is 0.0159. The summed E-state index contributed by atoms with van der Waals surface area (Å²) in [5, 5.41) is 22.8. The van der Waals surface area contributed by atoms with Gasteiger partial charge in [-0.05, 0) is 60.5 Å². The van der Waals surface area contributed by atoms with E-state index >= 15 is 0 Å². The van der Waals surface area contributed by atoms with Gasteiger partial charge in [-0.2, -0.15) is 0 Å². The first-order chi connectivity index (χ1) is 15.8. The van der Waals surface area contributed by atoms with E-state index in [9.17, 15) is 18.3 Å². The van der Waals surface area contributed by atoms with Crippen LogP contribution in [0.15, 0.2) is 82.6 Å². The summed E-state index contributed by atoms with van der Waals surface area (Å²) in [6.07, 6.45) is -0.316. The Morgan fingerprint density at radius 1 is 1.03 bits per heavy atom. The maximum atomic E-state index is 13.3. The molecular formula is C24H24ClNO6S. The van der Waals surface area contributed by atoms with Gasteiger partial charge in [0.15, 0.2) is 6.61 Å². The van der Waals surface area contributed by atoms with Crippen LogP contribution in [-0.4, -0.2) is 44.3 Å². The van der Waals surface area contributed by atoms with Gasteiger partial charge in [-0.3, -0.25) is 0 Å². The molecule has 0 amide bonds. The number of halogens is 1. The van der Waals surface area contributed by atoms with Gasteiger partial charge in [0.2, 0.25) is 9.84 Å². The average molecular weight is 490 g/mol. The number of hydrogen-bond acceptors (Lipinski definition) is 6. The van der Waals surface area contributed by atoms with Gasteiger partial charge in [0.05, 0.1) is 15.9 Å². The molecule has 0 unspecified atom stereocenters. The van der Waals surface area contributed by atoms with Crippen LogP contribution in [-0.2, 0) is 21.1 Å². The third-order valence-corrected chi connectivity index (χ3v) is 6.97. The molecule has 174 valence electrons. The van der Waals surface area contributed by atoms with Gasteiger partial charge in [-0.15, -0.1) is 0 Å². The molecule has 3 aromatic rings. The maximum absolute atomic E-state index is 13.3. The lowest BCUT2D eigenvalue weighted by Crippen LogP contribution is -2.24. The fourth-order valence-electron chi connectivity index (χ4n) is 3.27. The second kappa shape index (κ2) is 11.3. The zero-order valence-corrected chi connectivity index (χ0v) is 19.2. The Balaban J connectivity index is 1.68. The van der Waals surface area contributed by atoms with E-state index < -0.39 is 28.5 Å². The number of ether oxygens (including phenoxy) is 1. The molecule has 9 heteroatoms. The molecule has 0 spiro atoms. The van der Waals surface area contributed by atoms with E-state index in [1.807, 2.05) is 0 Å². The summed E-state index contributed by atoms with van der Waals surface area (Å²) in [4.78, 5) is 10.9. The summed E-state index contributed by atoms with van der Waals surface area (Å²) >= 11 is 5.96. The van der Waals surface area contributed by atoms with Gasteiger partial charge < -0.3 is 20.3 Å². The molecule has 7 nitrogen and oxygen atoms in total. The highest BCUT2D eigenvalue weighted by molar-refractivity contribution is 7.91. The Morgan fingerprint density at radius 2 is 1.79 bits per heavy atom. The van der Waals surface area contributed by atoms with Crippen molar-refractivity contribution >= 4 is 27.4 Å². The van der Waals surface area contributed by atoms with Crippen LogP contribution in [0.1, 0.15) is 17.2 Å². The number of aliphatic carboxylic acids is 1. The van der Waals surface area contributed by atoms with Crippen LogP contribution in [0.4, 0.5) is 0 Å². The normalized spacial score (nSPS) is 12.3. The van der Waals surface area contributed by atoms with Crippen LogP contribution >= 0.6 is 11.6 Å². The van der Waals surface area contributed by atoms with E-state index in [1.165, 1.54) is 30.3 Å². The molecule has 0 heterocycles. The Bertz CT molecular complexity index is 1210. The van der Waals surface area contributed by atoms with Crippen LogP contribution in [0, 0.1) is 0 Å². The second-order valence-corrected chi connectivity index (χ2v) is 9.65. The second-order valence-electron chi connectivity index (χ2n) is 7.29. The molecule has 0 bridgehead atoms. The monoisotopic (exact) mass is 489 g/mol. The first-order valence-corrected chi connectivity index (χ1v) is 12.1. The van der Waals surface area contributed by atoms with Crippen LogP contribution in [0.25, 0.3) is 0 Å². The quantitative estimate of drug-likeness (QED) is 0.353. The Hall–Kier alpha value is -2.91. The summed E-state index contributed by atoms with van der Waals surface area (Å²) in [7, 11) is -3.85. The number of aliphatic hydroxyl groups is 1. The number of rotatable bonds is 11. The van der Waals surface area contributed by atoms with E-state index in [1.54, 1.807) is 42.5 Å². The van der Waals surface area contributed by atoms with Crippen molar-refractivity contribution in [3.63, 3.8) is 0 Å². The lowest BCUT2D eigenvalue weighted by Gasteiger charge is -2.14. The van der Waals surface area contributed by atoms with Crippen LogP contribution < -0.4 is 10.1 Å². The third-order valence-electron chi connectivity index (χ3n) is 4.88. The van der Waals surface area contributed by atoms with Crippen molar-refractivity contribution in [2.24, 2.45) is 0 Å². The van der Waals surface area contributed by atoms with E-state index in [2.05, 4.69) is 5.32 Å². The van der Waals surface area contributed by atoms with Gasteiger partial charge in [0.25, 0.3) is 0 Å². The first kappa shape index (κ1) is 24.7. The van der Waals surface area contributed by atoms with Crippen molar-refractivity contribution in [3.8, 4) is 5.75 Å². The molecule has 0 aliphatic rings. The fraction of sp³-hybridized carbons (Fsp3) is 0.208. The standard InChI is InChI=1S/C24H24ClNO6S/c25-19-7-3-6-18(13-19)22(27)15-26-12-11-17-5-1-2-10-23(17)33(30,31)21-9-4-8-20(14-21)32-16-24(28)29/h1-10,13-14,22,26-27H,11-12,15-16H2,(H,28,29)/t22-/m0/s1. The van der Waals surface area contributed by atoms with Crippen molar-refractivity contribution < 1.29 is 28.2 Å². The molecule has 3 rings (SSSR count). The predicted molar refractivity (Wildman–Crippen MR) is 124 cm³/mol. The smallest absolute Gasteiger partial charge is 0.341 e. The van der Waals surface area contributed by atoms with Crippen molar-refractivity contribution in [3.05, 3.63) is 88.9 Å². The number of carbonyl (C=O) groups is 1.